The van der Waals surface area contributed by atoms with Crippen LogP contribution in [0.1, 0.15) is 31.2 Å². The van der Waals surface area contributed by atoms with Crippen LogP contribution in [0.3, 0.4) is 0 Å². The Labute approximate surface area is 154 Å². The molecule has 1 aromatic rings. The summed E-state index contributed by atoms with van der Waals surface area (Å²) in [7, 11) is 4.64. The van der Waals surface area contributed by atoms with E-state index in [0.717, 1.165) is 5.56 Å². The van der Waals surface area contributed by atoms with E-state index < -0.39 is 11.8 Å². The van der Waals surface area contributed by atoms with E-state index in [4.69, 9.17) is 14.2 Å². The van der Waals surface area contributed by atoms with Gasteiger partial charge in [0.05, 0.1) is 7.11 Å². The summed E-state index contributed by atoms with van der Waals surface area (Å²) in [5, 5.41) is 0. The third-order valence-corrected chi connectivity index (χ3v) is 5.89. The number of fused-ring (bicyclic) bond motifs is 1. The van der Waals surface area contributed by atoms with Crippen molar-refractivity contribution in [1.29, 1.82) is 0 Å². The Kier molecular flexibility index (Phi) is 5.63. The average molecular weight is 361 g/mol. The largest absolute Gasteiger partial charge is 0.467 e. The van der Waals surface area contributed by atoms with Gasteiger partial charge in [-0.05, 0) is 24.3 Å². The number of esters is 1. The molecule has 142 valence electrons. The molecule has 3 rings (SSSR count). The SMILES string of the molecule is COC(=O)[C@@H]1C[C@H]2CC(OC)(OC)CC[C@H]2C(=O)N1Cc1ccccc1. The standard InChI is InChI=1S/C20H27NO5/c1-24-19(23)17-11-15-12-20(25-2,26-3)10-9-16(15)18(22)21(17)13-14-7-5-4-6-8-14/h4-8,15-17H,9-13H2,1-3H3/t15-,16+,17-/m0/s1. The number of ether oxygens (including phenoxy) is 3. The van der Waals surface area contributed by atoms with Gasteiger partial charge < -0.3 is 19.1 Å². The third kappa shape index (κ3) is 3.48. The lowest BCUT2D eigenvalue weighted by Crippen LogP contribution is -2.57. The lowest BCUT2D eigenvalue weighted by molar-refractivity contribution is -0.241. The molecular formula is C20H27NO5. The monoisotopic (exact) mass is 361 g/mol. The molecule has 0 unspecified atom stereocenters. The summed E-state index contributed by atoms with van der Waals surface area (Å²) in [6.07, 6.45) is 2.56. The predicted molar refractivity (Wildman–Crippen MR) is 95.0 cm³/mol. The van der Waals surface area contributed by atoms with Crippen molar-refractivity contribution in [2.24, 2.45) is 11.8 Å². The van der Waals surface area contributed by atoms with Gasteiger partial charge in [0.15, 0.2) is 5.79 Å². The van der Waals surface area contributed by atoms with Crippen LogP contribution >= 0.6 is 0 Å². The van der Waals surface area contributed by atoms with Crippen molar-refractivity contribution in [3.8, 4) is 0 Å². The molecule has 26 heavy (non-hydrogen) atoms. The highest BCUT2D eigenvalue weighted by Gasteiger charge is 2.51. The fourth-order valence-electron chi connectivity index (χ4n) is 4.39. The highest BCUT2D eigenvalue weighted by atomic mass is 16.7. The molecule has 2 fully saturated rings. The second-order valence-electron chi connectivity index (χ2n) is 7.15. The van der Waals surface area contributed by atoms with Crippen LogP contribution in [0.15, 0.2) is 30.3 Å². The molecule has 1 amide bonds. The van der Waals surface area contributed by atoms with Crippen LogP contribution in [-0.2, 0) is 30.3 Å². The van der Waals surface area contributed by atoms with Gasteiger partial charge in [0.25, 0.3) is 0 Å². The fourth-order valence-corrected chi connectivity index (χ4v) is 4.39. The van der Waals surface area contributed by atoms with Crippen LogP contribution in [0.4, 0.5) is 0 Å². The number of carbonyl (C=O) groups is 2. The Morgan fingerprint density at radius 2 is 1.88 bits per heavy atom. The van der Waals surface area contributed by atoms with E-state index in [9.17, 15) is 9.59 Å². The van der Waals surface area contributed by atoms with Crippen molar-refractivity contribution < 1.29 is 23.8 Å². The number of methoxy groups -OCH3 is 3. The molecule has 3 atom stereocenters. The third-order valence-electron chi connectivity index (χ3n) is 5.89. The number of hydrogen-bond donors (Lipinski definition) is 0. The number of likely N-dealkylation sites (tertiary alicyclic amines) is 1. The highest BCUT2D eigenvalue weighted by molar-refractivity contribution is 5.87. The van der Waals surface area contributed by atoms with E-state index >= 15 is 0 Å². The zero-order valence-electron chi connectivity index (χ0n) is 15.6. The lowest BCUT2D eigenvalue weighted by Gasteiger charge is -2.48. The minimum atomic E-state index is -0.663. The molecule has 1 saturated heterocycles. The number of piperidine rings is 1. The van der Waals surface area contributed by atoms with Gasteiger partial charge in [-0.2, -0.15) is 0 Å². The highest BCUT2D eigenvalue weighted by Crippen LogP contribution is 2.45. The summed E-state index contributed by atoms with van der Waals surface area (Å²) < 4.78 is 16.2. The van der Waals surface area contributed by atoms with Gasteiger partial charge >= 0.3 is 5.97 Å². The molecule has 0 N–H and O–H groups in total. The second-order valence-corrected chi connectivity index (χ2v) is 7.15. The van der Waals surface area contributed by atoms with E-state index in [2.05, 4.69) is 0 Å². The van der Waals surface area contributed by atoms with Crippen LogP contribution in [0, 0.1) is 11.8 Å². The Morgan fingerprint density at radius 3 is 2.50 bits per heavy atom. The van der Waals surface area contributed by atoms with E-state index in [1.165, 1.54) is 7.11 Å². The van der Waals surface area contributed by atoms with Crippen LogP contribution in [0.2, 0.25) is 0 Å². The van der Waals surface area contributed by atoms with Crippen LogP contribution in [0.25, 0.3) is 0 Å². The molecule has 1 aromatic carbocycles. The molecule has 2 aliphatic rings. The van der Waals surface area contributed by atoms with Crippen LogP contribution < -0.4 is 0 Å². The smallest absolute Gasteiger partial charge is 0.328 e. The maximum atomic E-state index is 13.2. The van der Waals surface area contributed by atoms with Crippen molar-refractivity contribution in [2.45, 2.75) is 44.1 Å². The summed E-state index contributed by atoms with van der Waals surface area (Å²) in [4.78, 5) is 27.3. The quantitative estimate of drug-likeness (QED) is 0.595. The molecular weight excluding hydrogens is 334 g/mol. The molecule has 1 saturated carbocycles. The number of rotatable bonds is 5. The Morgan fingerprint density at radius 1 is 1.19 bits per heavy atom. The number of amides is 1. The topological polar surface area (TPSA) is 65.1 Å². The van der Waals surface area contributed by atoms with Gasteiger partial charge in [0.2, 0.25) is 5.91 Å². The molecule has 0 bridgehead atoms. The van der Waals surface area contributed by atoms with Gasteiger partial charge in [-0.3, -0.25) is 4.79 Å². The number of nitrogens with zero attached hydrogens (tertiary/aromatic N) is 1. The first-order chi connectivity index (χ1) is 12.5. The molecule has 1 aliphatic heterocycles. The van der Waals surface area contributed by atoms with Gasteiger partial charge in [0, 0.05) is 39.5 Å². The maximum Gasteiger partial charge on any atom is 0.328 e. The molecule has 0 aromatic heterocycles. The van der Waals surface area contributed by atoms with Gasteiger partial charge in [0.1, 0.15) is 6.04 Å². The summed E-state index contributed by atoms with van der Waals surface area (Å²) in [5.41, 5.74) is 1.01. The van der Waals surface area contributed by atoms with Crippen molar-refractivity contribution in [3.05, 3.63) is 35.9 Å². The van der Waals surface area contributed by atoms with Gasteiger partial charge in [-0.1, -0.05) is 30.3 Å². The Balaban J connectivity index is 1.85. The average Bonchev–Trinajstić information content (AvgIpc) is 2.69. The lowest BCUT2D eigenvalue weighted by atomic mass is 9.70. The van der Waals surface area contributed by atoms with E-state index in [-0.39, 0.29) is 23.7 Å². The summed E-state index contributed by atoms with van der Waals surface area (Å²) in [6, 6.07) is 9.17. The normalized spacial score (nSPS) is 27.7. The zero-order valence-corrected chi connectivity index (χ0v) is 15.6. The second kappa shape index (κ2) is 7.76. The van der Waals surface area contributed by atoms with Gasteiger partial charge in [-0.25, -0.2) is 4.79 Å². The molecule has 1 heterocycles. The Bertz CT molecular complexity index is 643. The first-order valence-electron chi connectivity index (χ1n) is 9.06. The van der Waals surface area contributed by atoms with E-state index in [1.54, 1.807) is 19.1 Å². The predicted octanol–water partition coefficient (Wildman–Crippen LogP) is 2.37. The number of benzene rings is 1. The fraction of sp³-hybridized carbons (Fsp3) is 0.600. The zero-order chi connectivity index (χ0) is 18.7. The van der Waals surface area contributed by atoms with Crippen molar-refractivity contribution in [3.63, 3.8) is 0 Å². The minimum Gasteiger partial charge on any atom is -0.467 e. The molecule has 6 heteroatoms. The Hall–Kier alpha value is -1.92. The summed E-state index contributed by atoms with van der Waals surface area (Å²) in [6.45, 7) is 0.419. The maximum absolute atomic E-state index is 13.2. The number of carbonyl (C=O) groups excluding carboxylic acids is 2. The first kappa shape index (κ1) is 18.9. The van der Waals surface area contributed by atoms with E-state index in [1.807, 2.05) is 30.3 Å². The minimum absolute atomic E-state index is 0.0290. The van der Waals surface area contributed by atoms with Crippen molar-refractivity contribution in [1.82, 2.24) is 4.90 Å². The molecule has 1 aliphatic carbocycles. The molecule has 6 nitrogen and oxygen atoms in total. The van der Waals surface area contributed by atoms with Crippen LogP contribution in [0.5, 0.6) is 0 Å². The molecule has 0 radical (unpaired) electrons. The first-order valence-corrected chi connectivity index (χ1v) is 9.06. The molecule has 0 spiro atoms. The van der Waals surface area contributed by atoms with Crippen molar-refractivity contribution in [2.75, 3.05) is 21.3 Å². The number of hydrogen-bond acceptors (Lipinski definition) is 5. The van der Waals surface area contributed by atoms with Crippen LogP contribution in [-0.4, -0.2) is 49.9 Å². The van der Waals surface area contributed by atoms with E-state index in [0.29, 0.717) is 32.2 Å². The van der Waals surface area contributed by atoms with Crippen molar-refractivity contribution >= 4 is 11.9 Å². The summed E-state index contributed by atoms with van der Waals surface area (Å²) >= 11 is 0. The summed E-state index contributed by atoms with van der Waals surface area (Å²) in [5.74, 6) is -1.05. The van der Waals surface area contributed by atoms with Gasteiger partial charge in [-0.15, -0.1) is 0 Å².